The van der Waals surface area contributed by atoms with Crippen molar-refractivity contribution in [2.24, 2.45) is 0 Å². The molecule has 0 fully saturated rings. The van der Waals surface area contributed by atoms with Crippen molar-refractivity contribution < 1.29 is 22.9 Å². The van der Waals surface area contributed by atoms with Crippen LogP contribution < -0.4 is 0 Å². The van der Waals surface area contributed by atoms with Crippen molar-refractivity contribution in [2.45, 2.75) is 65.0 Å². The number of methoxy groups -OCH3 is 1. The van der Waals surface area contributed by atoms with E-state index in [2.05, 4.69) is 4.85 Å². The lowest BCUT2D eigenvalue weighted by Crippen LogP contribution is -2.40. The normalized spacial score (nSPS) is 16.8. The molecule has 0 heterocycles. The van der Waals surface area contributed by atoms with Gasteiger partial charge in [0.2, 0.25) is 12.4 Å². The van der Waals surface area contributed by atoms with E-state index in [1.54, 1.807) is 6.92 Å². The Labute approximate surface area is 154 Å². The molecule has 2 unspecified atom stereocenters. The van der Waals surface area contributed by atoms with Gasteiger partial charge in [0.05, 0.1) is 6.61 Å². The maximum Gasteiger partial charge on any atom is 0.259 e. The fraction of sp³-hybridized carbons (Fsp3) is 0.938. The molecule has 0 aliphatic carbocycles. The molecule has 0 rings (SSSR count). The highest BCUT2D eigenvalue weighted by Gasteiger charge is 2.35. The Morgan fingerprint density at radius 1 is 1.24 bits per heavy atom. The molecule has 0 saturated carbocycles. The van der Waals surface area contributed by atoms with Gasteiger partial charge in [0.1, 0.15) is 21.1 Å². The third kappa shape index (κ3) is 9.84. The zero-order chi connectivity index (χ0) is 19.5. The summed E-state index contributed by atoms with van der Waals surface area (Å²) < 4.78 is 38.6. The SMILES string of the molecule is [B]C(COC)O[C@](F)(CC)COP(OCC[N+]#[C-])N(C(C)C)C(C)C. The molecule has 0 aromatic carbocycles. The Morgan fingerprint density at radius 3 is 2.28 bits per heavy atom. The molecule has 0 amide bonds. The lowest BCUT2D eigenvalue weighted by molar-refractivity contribution is -0.186. The van der Waals surface area contributed by atoms with E-state index in [9.17, 15) is 4.39 Å². The summed E-state index contributed by atoms with van der Waals surface area (Å²) >= 11 is 0. The molecule has 25 heavy (non-hydrogen) atoms. The standard InChI is InChI=1S/C16H31BFN2O4P/c1-8-16(18,24-15(17)11-21-7)12-23-25(22-10-9-19-6)20(13(2)3)14(4)5/h13-15H,8-12H2,1-5,7H3/t15?,16-,25?/m1/s1. The Hall–Kier alpha value is -0.285. The van der Waals surface area contributed by atoms with Gasteiger partial charge in [0.25, 0.3) is 8.53 Å². The highest BCUT2D eigenvalue weighted by molar-refractivity contribution is 7.44. The van der Waals surface area contributed by atoms with Crippen LogP contribution in [0.15, 0.2) is 0 Å². The van der Waals surface area contributed by atoms with Crippen LogP contribution in [-0.4, -0.2) is 69.9 Å². The van der Waals surface area contributed by atoms with Gasteiger partial charge in [-0.2, -0.15) is 0 Å². The van der Waals surface area contributed by atoms with Crippen molar-refractivity contribution >= 4 is 16.4 Å². The number of nitrogens with zero attached hydrogens (tertiary/aromatic N) is 2. The predicted octanol–water partition coefficient (Wildman–Crippen LogP) is 3.52. The zero-order valence-corrected chi connectivity index (χ0v) is 17.1. The van der Waals surface area contributed by atoms with Crippen LogP contribution in [0.1, 0.15) is 41.0 Å². The number of hydrogen-bond acceptors (Lipinski definition) is 5. The van der Waals surface area contributed by atoms with Gasteiger partial charge in [-0.15, -0.1) is 0 Å². The molecule has 3 atom stereocenters. The maximum atomic E-state index is 14.9. The van der Waals surface area contributed by atoms with Gasteiger partial charge in [-0.3, -0.25) is 0 Å². The maximum absolute atomic E-state index is 14.9. The van der Waals surface area contributed by atoms with Gasteiger partial charge >= 0.3 is 0 Å². The smallest absolute Gasteiger partial charge is 0.259 e. The second-order valence-corrected chi connectivity index (χ2v) is 7.60. The van der Waals surface area contributed by atoms with Crippen molar-refractivity contribution in [2.75, 3.05) is 33.5 Å². The molecular weight excluding hydrogens is 345 g/mol. The second kappa shape index (κ2) is 13.0. The first-order chi connectivity index (χ1) is 11.7. The minimum atomic E-state index is -2.03. The first kappa shape index (κ1) is 24.7. The molecule has 0 aromatic rings. The van der Waals surface area contributed by atoms with Gasteiger partial charge in [-0.05, 0) is 27.7 Å². The van der Waals surface area contributed by atoms with E-state index in [1.807, 2.05) is 32.4 Å². The average Bonchev–Trinajstić information content (AvgIpc) is 2.52. The number of rotatable bonds is 14. The van der Waals surface area contributed by atoms with E-state index >= 15 is 0 Å². The summed E-state index contributed by atoms with van der Waals surface area (Å²) in [5.41, 5.74) is 0. The highest BCUT2D eigenvalue weighted by atomic mass is 31.2. The first-order valence-corrected chi connectivity index (χ1v) is 9.62. The van der Waals surface area contributed by atoms with Gasteiger partial charge in [-0.25, -0.2) is 15.6 Å². The molecule has 2 radical (unpaired) electrons. The van der Waals surface area contributed by atoms with Crippen LogP contribution in [0.5, 0.6) is 0 Å². The summed E-state index contributed by atoms with van der Waals surface area (Å²) in [6, 6.07) is -0.586. The summed E-state index contributed by atoms with van der Waals surface area (Å²) in [5, 5.41) is 0. The van der Waals surface area contributed by atoms with Crippen LogP contribution in [0.3, 0.4) is 0 Å². The molecular formula is C16H31BFN2O4P. The van der Waals surface area contributed by atoms with Crippen molar-refractivity contribution in [3.05, 3.63) is 11.4 Å². The van der Waals surface area contributed by atoms with E-state index < -0.39 is 20.4 Å². The van der Waals surface area contributed by atoms with Crippen molar-refractivity contribution in [3.8, 4) is 0 Å². The Bertz CT molecular complexity index is 393. The molecule has 0 spiro atoms. The number of halogens is 1. The molecule has 0 aliphatic rings. The molecule has 0 aliphatic heterocycles. The molecule has 9 heteroatoms. The highest BCUT2D eigenvalue weighted by Crippen LogP contribution is 2.46. The molecule has 0 aromatic heterocycles. The lowest BCUT2D eigenvalue weighted by atomic mass is 10.0. The minimum absolute atomic E-state index is 0.0823. The summed E-state index contributed by atoms with van der Waals surface area (Å²) in [5.74, 6) is -2.03. The second-order valence-electron chi connectivity index (χ2n) is 6.14. The van der Waals surface area contributed by atoms with Gasteiger partial charge in [-0.1, -0.05) is 6.92 Å². The van der Waals surface area contributed by atoms with Crippen molar-refractivity contribution in [1.82, 2.24) is 4.67 Å². The van der Waals surface area contributed by atoms with Gasteiger partial charge in [0.15, 0.2) is 0 Å². The van der Waals surface area contributed by atoms with Crippen LogP contribution >= 0.6 is 8.53 Å². The van der Waals surface area contributed by atoms with Gasteiger partial charge in [0, 0.05) is 31.6 Å². The molecule has 0 saturated heterocycles. The lowest BCUT2D eigenvalue weighted by Gasteiger charge is -2.37. The number of hydrogen-bond donors (Lipinski definition) is 0. The van der Waals surface area contributed by atoms with Crippen LogP contribution in [0.2, 0.25) is 0 Å². The van der Waals surface area contributed by atoms with E-state index in [0.717, 1.165) is 0 Å². The summed E-state index contributed by atoms with van der Waals surface area (Å²) in [6.45, 7) is 16.8. The number of alkyl halides is 1. The predicted molar refractivity (Wildman–Crippen MR) is 99.0 cm³/mol. The topological polar surface area (TPSA) is 44.5 Å². The van der Waals surface area contributed by atoms with Crippen LogP contribution in [0.25, 0.3) is 4.85 Å². The summed E-state index contributed by atoms with van der Waals surface area (Å²) in [7, 11) is 5.65. The Morgan fingerprint density at radius 2 is 1.84 bits per heavy atom. The Balaban J connectivity index is 4.99. The van der Waals surface area contributed by atoms with Crippen molar-refractivity contribution in [3.63, 3.8) is 0 Å². The van der Waals surface area contributed by atoms with Crippen LogP contribution in [0.4, 0.5) is 4.39 Å². The van der Waals surface area contributed by atoms with Crippen LogP contribution in [-0.2, 0) is 18.5 Å². The first-order valence-electron chi connectivity index (χ1n) is 8.49. The summed E-state index contributed by atoms with van der Waals surface area (Å²) in [4.78, 5) is 3.27. The molecule has 0 bridgehead atoms. The fourth-order valence-electron chi connectivity index (χ4n) is 2.15. The van der Waals surface area contributed by atoms with E-state index in [-0.39, 0.29) is 44.9 Å². The van der Waals surface area contributed by atoms with Crippen LogP contribution in [0, 0.1) is 6.57 Å². The third-order valence-electron chi connectivity index (χ3n) is 3.26. The molecule has 0 N–H and O–H groups in total. The Kier molecular flexibility index (Phi) is 12.8. The quantitative estimate of drug-likeness (QED) is 0.201. The molecule has 144 valence electrons. The summed E-state index contributed by atoms with van der Waals surface area (Å²) in [6.07, 6.45) is 0.0823. The van der Waals surface area contributed by atoms with Crippen molar-refractivity contribution in [1.29, 1.82) is 0 Å². The number of ether oxygens (including phenoxy) is 2. The monoisotopic (exact) mass is 376 g/mol. The van der Waals surface area contributed by atoms with E-state index in [4.69, 9.17) is 32.9 Å². The van der Waals surface area contributed by atoms with E-state index in [1.165, 1.54) is 7.11 Å². The average molecular weight is 376 g/mol. The minimum Gasteiger partial charge on any atom is -0.383 e. The molecule has 6 nitrogen and oxygen atoms in total. The largest absolute Gasteiger partial charge is 0.383 e. The fourth-order valence-corrected chi connectivity index (χ4v) is 3.79. The van der Waals surface area contributed by atoms with E-state index in [0.29, 0.717) is 0 Å². The van der Waals surface area contributed by atoms with Gasteiger partial charge < -0.3 is 23.4 Å². The zero-order valence-electron chi connectivity index (χ0n) is 16.2. The third-order valence-corrected chi connectivity index (χ3v) is 5.32.